The van der Waals surface area contributed by atoms with Crippen molar-refractivity contribution in [3.8, 4) is 6.07 Å². The van der Waals surface area contributed by atoms with Gasteiger partial charge in [-0.1, -0.05) is 11.6 Å². The Kier molecular flexibility index (Phi) is 5.95. The van der Waals surface area contributed by atoms with Gasteiger partial charge in [-0.05, 0) is 43.0 Å². The van der Waals surface area contributed by atoms with Crippen LogP contribution in [0.5, 0.6) is 0 Å². The van der Waals surface area contributed by atoms with Crippen molar-refractivity contribution in [2.45, 2.75) is 38.0 Å². The van der Waals surface area contributed by atoms with Crippen LogP contribution in [-0.2, 0) is 16.1 Å². The second kappa shape index (κ2) is 8.87. The molecule has 3 N–H and O–H groups in total. The maximum absolute atomic E-state index is 13.1. The molecule has 3 aliphatic heterocycles. The Balaban J connectivity index is 1.11. The van der Waals surface area contributed by atoms with E-state index in [-0.39, 0.29) is 24.5 Å². The molecule has 9 nitrogen and oxygen atoms in total. The van der Waals surface area contributed by atoms with E-state index in [4.69, 9.17) is 21.6 Å². The van der Waals surface area contributed by atoms with Gasteiger partial charge < -0.3 is 14.5 Å². The Labute approximate surface area is 191 Å². The van der Waals surface area contributed by atoms with Gasteiger partial charge >= 0.3 is 6.09 Å². The van der Waals surface area contributed by atoms with Crippen molar-refractivity contribution < 1.29 is 14.3 Å². The number of carbonyl (C=O) groups is 2. The van der Waals surface area contributed by atoms with Crippen LogP contribution >= 0.6 is 11.6 Å². The third-order valence-corrected chi connectivity index (χ3v) is 7.44. The summed E-state index contributed by atoms with van der Waals surface area (Å²) in [6.45, 7) is 2.71. The summed E-state index contributed by atoms with van der Waals surface area (Å²) in [5.41, 5.74) is 10.5. The van der Waals surface area contributed by atoms with Crippen molar-refractivity contribution in [2.75, 3.05) is 26.2 Å². The lowest BCUT2D eigenvalue weighted by atomic mass is 9.82. The molecule has 1 aromatic carbocycles. The fourth-order valence-corrected chi connectivity index (χ4v) is 5.83. The summed E-state index contributed by atoms with van der Waals surface area (Å²) in [6, 6.07) is 7.68. The smallest absolute Gasteiger partial charge is 0.410 e. The average Bonchev–Trinajstić information content (AvgIpc) is 3.50. The summed E-state index contributed by atoms with van der Waals surface area (Å²) in [5, 5.41) is 9.50. The number of nitrogens with zero attached hydrogens (tertiary/aromatic N) is 3. The van der Waals surface area contributed by atoms with Gasteiger partial charge in [-0.15, -0.1) is 0 Å². The quantitative estimate of drug-likeness (QED) is 0.627. The standard InChI is InChI=1S/C22H27ClN6O3/c23-18-4-13(7-24)3-14(5-18)12-32-22(31)29-10-16-8-28(9-17(16)11-29)21(30)15-1-2-19-20(6-15)26-27-25-19/h3-5,15-17,19-20,25-27H,1-2,6,8-12H2/t15?,16-,17+,19?,20?. The van der Waals surface area contributed by atoms with E-state index in [0.717, 1.165) is 19.3 Å². The van der Waals surface area contributed by atoms with Crippen LogP contribution in [0.4, 0.5) is 4.79 Å². The van der Waals surface area contributed by atoms with Crippen LogP contribution in [0, 0.1) is 29.1 Å². The molecule has 170 valence electrons. The summed E-state index contributed by atoms with van der Waals surface area (Å²) in [4.78, 5) is 29.4. The molecule has 2 amide bonds. The van der Waals surface area contributed by atoms with E-state index < -0.39 is 0 Å². The highest BCUT2D eigenvalue weighted by molar-refractivity contribution is 6.30. The molecule has 3 heterocycles. The minimum Gasteiger partial charge on any atom is -0.445 e. The number of halogens is 1. The number of hydrazine groups is 2. The van der Waals surface area contributed by atoms with Gasteiger partial charge in [-0.2, -0.15) is 10.8 Å². The first-order chi connectivity index (χ1) is 15.5. The second-order valence-electron chi connectivity index (χ2n) is 9.32. The maximum Gasteiger partial charge on any atom is 0.410 e. The molecule has 5 rings (SSSR count). The highest BCUT2D eigenvalue weighted by Crippen LogP contribution is 2.35. The van der Waals surface area contributed by atoms with Crippen LogP contribution < -0.4 is 16.4 Å². The number of hydrogen-bond donors (Lipinski definition) is 3. The fourth-order valence-electron chi connectivity index (χ4n) is 5.57. The minimum atomic E-state index is -0.360. The molecule has 3 unspecified atom stereocenters. The van der Waals surface area contributed by atoms with Gasteiger partial charge in [0.05, 0.1) is 11.6 Å². The number of ether oxygens (including phenoxy) is 1. The van der Waals surface area contributed by atoms with Gasteiger partial charge in [0.2, 0.25) is 5.91 Å². The first-order valence-electron chi connectivity index (χ1n) is 11.2. The van der Waals surface area contributed by atoms with E-state index in [2.05, 4.69) is 16.4 Å². The average molecular weight is 459 g/mol. The monoisotopic (exact) mass is 458 g/mol. The molecule has 5 atom stereocenters. The number of nitrogens with one attached hydrogen (secondary N) is 3. The SMILES string of the molecule is N#Cc1cc(Cl)cc(COC(=O)N2C[C@@H]3CN(C(=O)C4CCC5NNNC5C4)C[C@@H]3C2)c1. The Morgan fingerprint density at radius 1 is 1.06 bits per heavy atom. The molecule has 1 saturated carbocycles. The van der Waals surface area contributed by atoms with Crippen molar-refractivity contribution in [2.24, 2.45) is 17.8 Å². The molecule has 0 aromatic heterocycles. The molecule has 32 heavy (non-hydrogen) atoms. The van der Waals surface area contributed by atoms with E-state index >= 15 is 0 Å². The van der Waals surface area contributed by atoms with Gasteiger partial charge in [0.1, 0.15) is 6.61 Å². The van der Waals surface area contributed by atoms with Crippen LogP contribution in [-0.4, -0.2) is 60.1 Å². The predicted molar refractivity (Wildman–Crippen MR) is 116 cm³/mol. The number of hydrogen-bond acceptors (Lipinski definition) is 7. The van der Waals surface area contributed by atoms with Gasteiger partial charge in [0.15, 0.2) is 0 Å². The first kappa shape index (κ1) is 21.5. The highest BCUT2D eigenvalue weighted by atomic mass is 35.5. The molecular weight excluding hydrogens is 432 g/mol. The lowest BCUT2D eigenvalue weighted by Gasteiger charge is -2.32. The molecule has 0 spiro atoms. The maximum atomic E-state index is 13.1. The molecule has 4 fully saturated rings. The molecule has 0 bridgehead atoms. The van der Waals surface area contributed by atoms with Crippen molar-refractivity contribution in [3.63, 3.8) is 0 Å². The summed E-state index contributed by atoms with van der Waals surface area (Å²) in [6.07, 6.45) is 2.40. The summed E-state index contributed by atoms with van der Waals surface area (Å²) >= 11 is 6.01. The highest BCUT2D eigenvalue weighted by Gasteiger charge is 2.46. The predicted octanol–water partition coefficient (Wildman–Crippen LogP) is 1.39. The number of likely N-dealkylation sites (tertiary alicyclic amines) is 2. The topological polar surface area (TPSA) is 110 Å². The zero-order chi connectivity index (χ0) is 22.2. The lowest BCUT2D eigenvalue weighted by molar-refractivity contribution is -0.136. The van der Waals surface area contributed by atoms with Gasteiger partial charge in [-0.3, -0.25) is 4.79 Å². The number of carbonyl (C=O) groups excluding carboxylic acids is 2. The molecule has 1 aromatic rings. The minimum absolute atomic E-state index is 0.0707. The van der Waals surface area contributed by atoms with E-state index in [1.54, 1.807) is 23.1 Å². The van der Waals surface area contributed by atoms with Crippen LogP contribution in [0.3, 0.4) is 0 Å². The van der Waals surface area contributed by atoms with Crippen molar-refractivity contribution in [1.29, 1.82) is 5.26 Å². The normalized spacial score (nSPS) is 31.2. The number of amides is 2. The number of rotatable bonds is 3. The van der Waals surface area contributed by atoms with Crippen molar-refractivity contribution >= 4 is 23.6 Å². The van der Waals surface area contributed by atoms with E-state index in [1.807, 2.05) is 11.0 Å². The summed E-state index contributed by atoms with van der Waals surface area (Å²) in [7, 11) is 0. The number of fused-ring (bicyclic) bond motifs is 2. The van der Waals surface area contributed by atoms with Gasteiger partial charge in [0, 0.05) is 61.0 Å². The van der Waals surface area contributed by atoms with E-state index in [0.29, 0.717) is 66.2 Å². The second-order valence-corrected chi connectivity index (χ2v) is 9.76. The number of nitriles is 1. The van der Waals surface area contributed by atoms with E-state index in [1.165, 1.54) is 0 Å². The third kappa shape index (κ3) is 4.28. The molecule has 10 heteroatoms. The lowest BCUT2D eigenvalue weighted by Crippen LogP contribution is -2.45. The molecule has 3 saturated heterocycles. The first-order valence-corrected chi connectivity index (χ1v) is 11.5. The Morgan fingerprint density at radius 3 is 2.53 bits per heavy atom. The molecular formula is C22H27ClN6O3. The summed E-state index contributed by atoms with van der Waals surface area (Å²) in [5.74, 6) is 0.926. The largest absolute Gasteiger partial charge is 0.445 e. The zero-order valence-electron chi connectivity index (χ0n) is 17.7. The van der Waals surface area contributed by atoms with Gasteiger partial charge in [-0.25, -0.2) is 15.6 Å². The van der Waals surface area contributed by atoms with Crippen LogP contribution in [0.2, 0.25) is 5.02 Å². The van der Waals surface area contributed by atoms with Crippen molar-refractivity contribution in [1.82, 2.24) is 26.2 Å². The van der Waals surface area contributed by atoms with E-state index in [9.17, 15) is 9.59 Å². The Hall–Kier alpha value is -2.38. The van der Waals surface area contributed by atoms with Crippen LogP contribution in [0.1, 0.15) is 30.4 Å². The molecule has 1 aliphatic carbocycles. The van der Waals surface area contributed by atoms with Crippen LogP contribution in [0.25, 0.3) is 0 Å². The Bertz CT molecular complexity index is 938. The van der Waals surface area contributed by atoms with Crippen molar-refractivity contribution in [3.05, 3.63) is 34.3 Å². The third-order valence-electron chi connectivity index (χ3n) is 7.22. The zero-order valence-corrected chi connectivity index (χ0v) is 18.5. The Morgan fingerprint density at radius 2 is 1.78 bits per heavy atom. The fraction of sp³-hybridized carbons (Fsp3) is 0.591. The molecule has 4 aliphatic rings. The van der Waals surface area contributed by atoms with Gasteiger partial charge in [0.25, 0.3) is 0 Å². The number of benzene rings is 1. The molecule has 0 radical (unpaired) electrons. The van der Waals surface area contributed by atoms with Crippen LogP contribution in [0.15, 0.2) is 18.2 Å². The summed E-state index contributed by atoms with van der Waals surface area (Å²) < 4.78 is 5.46.